The summed E-state index contributed by atoms with van der Waals surface area (Å²) in [5.74, 6) is 2.58. The Morgan fingerprint density at radius 2 is 1.77 bits per heavy atom. The molecule has 10 heteroatoms. The molecule has 0 fully saturated rings. The van der Waals surface area contributed by atoms with Crippen LogP contribution in [0.15, 0.2) is 65.3 Å². The second-order valence-electron chi connectivity index (χ2n) is 7.65. The summed E-state index contributed by atoms with van der Waals surface area (Å²) in [5.41, 5.74) is 3.24. The Kier molecular flexibility index (Phi) is 6.90. The van der Waals surface area contributed by atoms with E-state index in [0.29, 0.717) is 55.8 Å². The molecule has 35 heavy (non-hydrogen) atoms. The number of hydrogen-bond acceptors (Lipinski definition) is 9. The Bertz CT molecular complexity index is 1350. The van der Waals surface area contributed by atoms with Gasteiger partial charge in [-0.15, -0.1) is 10.2 Å². The first-order chi connectivity index (χ1) is 17.3. The Labute approximate surface area is 201 Å². The van der Waals surface area contributed by atoms with Crippen molar-refractivity contribution in [3.8, 4) is 34.1 Å². The molecule has 3 heterocycles. The molecule has 0 bridgehead atoms. The molecule has 0 aliphatic carbocycles. The van der Waals surface area contributed by atoms with E-state index in [1.807, 2.05) is 54.6 Å². The zero-order valence-corrected chi connectivity index (χ0v) is 19.2. The second-order valence-corrected chi connectivity index (χ2v) is 7.65. The van der Waals surface area contributed by atoms with Crippen molar-refractivity contribution in [3.63, 3.8) is 0 Å². The van der Waals surface area contributed by atoms with Crippen molar-refractivity contribution >= 4 is 11.1 Å². The van der Waals surface area contributed by atoms with Gasteiger partial charge in [-0.1, -0.05) is 47.7 Å². The summed E-state index contributed by atoms with van der Waals surface area (Å²) in [6, 6.07) is 17.7. The van der Waals surface area contributed by atoms with Crippen LogP contribution in [0.4, 0.5) is 0 Å². The minimum Gasteiger partial charge on any atom is -0.497 e. The molecule has 3 aromatic heterocycles. The van der Waals surface area contributed by atoms with Crippen molar-refractivity contribution in [2.45, 2.75) is 12.8 Å². The van der Waals surface area contributed by atoms with E-state index in [9.17, 15) is 0 Å². The molecule has 1 N–H and O–H groups in total. The highest BCUT2D eigenvalue weighted by Crippen LogP contribution is 2.43. The number of tetrazole rings is 1. The molecule has 178 valence electrons. The second kappa shape index (κ2) is 10.7. The van der Waals surface area contributed by atoms with E-state index in [-0.39, 0.29) is 0 Å². The van der Waals surface area contributed by atoms with Crippen LogP contribution in [0.1, 0.15) is 12.2 Å². The van der Waals surface area contributed by atoms with Crippen molar-refractivity contribution in [1.29, 1.82) is 0 Å². The van der Waals surface area contributed by atoms with Gasteiger partial charge in [0.2, 0.25) is 11.6 Å². The van der Waals surface area contributed by atoms with Gasteiger partial charge in [-0.2, -0.15) is 5.21 Å². The maximum Gasteiger partial charge on any atom is 0.234 e. The van der Waals surface area contributed by atoms with E-state index in [0.717, 1.165) is 27.8 Å². The molecule has 10 nitrogen and oxygen atoms in total. The Morgan fingerprint density at radius 1 is 0.914 bits per heavy atom. The van der Waals surface area contributed by atoms with E-state index >= 15 is 0 Å². The monoisotopic (exact) mass is 472 g/mol. The maximum absolute atomic E-state index is 6.23. The fraction of sp³-hybridized carbons (Fsp3) is 0.240. The molecule has 2 aromatic carbocycles. The first-order valence-corrected chi connectivity index (χ1v) is 11.2. The van der Waals surface area contributed by atoms with Gasteiger partial charge < -0.3 is 18.6 Å². The van der Waals surface area contributed by atoms with Crippen LogP contribution in [-0.4, -0.2) is 57.5 Å². The smallest absolute Gasteiger partial charge is 0.234 e. The molecule has 0 radical (unpaired) electrons. The Balaban J connectivity index is 1.37. The van der Waals surface area contributed by atoms with Crippen molar-refractivity contribution < 1.29 is 18.6 Å². The minimum atomic E-state index is 0.433. The van der Waals surface area contributed by atoms with Crippen LogP contribution in [0.25, 0.3) is 33.6 Å². The summed E-state index contributed by atoms with van der Waals surface area (Å²) in [6.45, 7) is 1.49. The predicted molar refractivity (Wildman–Crippen MR) is 128 cm³/mol. The largest absolute Gasteiger partial charge is 0.497 e. The number of rotatable bonds is 11. The van der Waals surface area contributed by atoms with Crippen molar-refractivity contribution in [2.24, 2.45) is 0 Å². The third-order valence-corrected chi connectivity index (χ3v) is 5.40. The lowest BCUT2D eigenvalue weighted by Crippen LogP contribution is -2.07. The average Bonchev–Trinajstić information content (AvgIpc) is 3.57. The lowest BCUT2D eigenvalue weighted by Gasteiger charge is -2.09. The summed E-state index contributed by atoms with van der Waals surface area (Å²) in [5, 5.41) is 14.5. The molecule has 0 atom stereocenters. The zero-order chi connectivity index (χ0) is 23.9. The van der Waals surface area contributed by atoms with Gasteiger partial charge in [0.15, 0.2) is 5.82 Å². The lowest BCUT2D eigenvalue weighted by atomic mass is 9.99. The van der Waals surface area contributed by atoms with Crippen LogP contribution < -0.4 is 9.47 Å². The maximum atomic E-state index is 6.23. The van der Waals surface area contributed by atoms with Crippen LogP contribution in [0.2, 0.25) is 0 Å². The molecule has 0 saturated heterocycles. The molecular formula is C25H24N6O4. The third-order valence-electron chi connectivity index (χ3n) is 5.40. The fourth-order valence-corrected chi connectivity index (χ4v) is 3.73. The predicted octanol–water partition coefficient (Wildman–Crippen LogP) is 4.11. The van der Waals surface area contributed by atoms with Gasteiger partial charge in [-0.25, -0.2) is 9.97 Å². The quantitative estimate of drug-likeness (QED) is 0.283. The van der Waals surface area contributed by atoms with Crippen molar-refractivity contribution in [3.05, 3.63) is 66.7 Å². The average molecular weight is 473 g/mol. The number of aromatic nitrogens is 6. The van der Waals surface area contributed by atoms with Crippen LogP contribution >= 0.6 is 0 Å². The van der Waals surface area contributed by atoms with Gasteiger partial charge in [0.1, 0.15) is 23.2 Å². The number of hydrogen-bond donors (Lipinski definition) is 1. The van der Waals surface area contributed by atoms with Crippen molar-refractivity contribution in [2.75, 3.05) is 26.9 Å². The Morgan fingerprint density at radius 3 is 2.54 bits per heavy atom. The van der Waals surface area contributed by atoms with Crippen LogP contribution in [0, 0.1) is 0 Å². The van der Waals surface area contributed by atoms with E-state index in [1.54, 1.807) is 7.11 Å². The van der Waals surface area contributed by atoms with Crippen LogP contribution in [0.3, 0.4) is 0 Å². The first kappa shape index (κ1) is 22.5. The van der Waals surface area contributed by atoms with Gasteiger partial charge in [0.05, 0.1) is 20.3 Å². The highest BCUT2D eigenvalue weighted by Gasteiger charge is 2.23. The molecule has 0 unspecified atom stereocenters. The third kappa shape index (κ3) is 5.12. The molecule has 0 spiro atoms. The normalized spacial score (nSPS) is 11.1. The highest BCUT2D eigenvalue weighted by molar-refractivity contribution is 6.03. The number of fused-ring (bicyclic) bond motifs is 1. The summed E-state index contributed by atoms with van der Waals surface area (Å²) in [6.07, 6.45) is 2.75. The minimum absolute atomic E-state index is 0.433. The molecule has 0 saturated carbocycles. The van der Waals surface area contributed by atoms with Gasteiger partial charge in [-0.3, -0.25) is 0 Å². The van der Waals surface area contributed by atoms with Gasteiger partial charge in [0.25, 0.3) is 0 Å². The number of nitrogens with one attached hydrogen (secondary N) is 1. The van der Waals surface area contributed by atoms with Crippen molar-refractivity contribution in [1.82, 2.24) is 30.6 Å². The van der Waals surface area contributed by atoms with Crippen LogP contribution in [0.5, 0.6) is 11.6 Å². The number of ether oxygens (including phenoxy) is 3. The van der Waals surface area contributed by atoms with Gasteiger partial charge in [-0.05, 0) is 17.7 Å². The molecule has 0 aliphatic heterocycles. The SMILES string of the molecule is COc1ccc(-c2c(-c3ccccc3)oc3ncnc(OCCCOCCc4nn[nH]n4)c23)cc1. The number of nitrogens with zero attached hydrogens (tertiary/aromatic N) is 5. The van der Waals surface area contributed by atoms with E-state index in [1.165, 1.54) is 6.33 Å². The number of furan rings is 1. The molecule has 0 aliphatic rings. The summed E-state index contributed by atoms with van der Waals surface area (Å²) in [4.78, 5) is 8.79. The molecular weight excluding hydrogens is 448 g/mol. The summed E-state index contributed by atoms with van der Waals surface area (Å²) < 4.78 is 23.3. The summed E-state index contributed by atoms with van der Waals surface area (Å²) >= 11 is 0. The standard InChI is InChI=1S/C25H24N6O4/c1-32-19-10-8-17(9-11-19)21-22-24(34-14-5-13-33-15-12-20-28-30-31-29-20)26-16-27-25(22)35-23(21)18-6-3-2-4-7-18/h2-4,6-11,16H,5,12-15H2,1H3,(H,28,29,30,31). The highest BCUT2D eigenvalue weighted by atomic mass is 16.5. The fourth-order valence-electron chi connectivity index (χ4n) is 3.73. The topological polar surface area (TPSA) is 121 Å². The first-order valence-electron chi connectivity index (χ1n) is 11.2. The Hall–Kier alpha value is -4.31. The number of benzene rings is 2. The number of H-pyrrole nitrogens is 1. The van der Waals surface area contributed by atoms with E-state index < -0.39 is 0 Å². The molecule has 0 amide bonds. The zero-order valence-electron chi connectivity index (χ0n) is 19.2. The molecule has 5 aromatic rings. The number of aromatic amines is 1. The van der Waals surface area contributed by atoms with Gasteiger partial charge >= 0.3 is 0 Å². The lowest BCUT2D eigenvalue weighted by molar-refractivity contribution is 0.120. The number of methoxy groups -OCH3 is 1. The van der Waals surface area contributed by atoms with Crippen LogP contribution in [-0.2, 0) is 11.2 Å². The molecule has 5 rings (SSSR count). The van der Waals surface area contributed by atoms with Gasteiger partial charge in [0, 0.05) is 30.6 Å². The summed E-state index contributed by atoms with van der Waals surface area (Å²) in [7, 11) is 1.65. The van der Waals surface area contributed by atoms with E-state index in [4.69, 9.17) is 18.6 Å². The van der Waals surface area contributed by atoms with E-state index in [2.05, 4.69) is 30.6 Å².